The molecule has 2 saturated heterocycles. The van der Waals surface area contributed by atoms with Gasteiger partial charge in [-0.2, -0.15) is 0 Å². The van der Waals surface area contributed by atoms with Gasteiger partial charge in [-0.1, -0.05) is 36.4 Å². The number of hydrogen-bond donors (Lipinski definition) is 1. The molecule has 0 radical (unpaired) electrons. The van der Waals surface area contributed by atoms with E-state index < -0.39 is 5.54 Å². The first-order valence-corrected chi connectivity index (χ1v) is 11.9. The summed E-state index contributed by atoms with van der Waals surface area (Å²) in [5.41, 5.74) is 9.13. The Hall–Kier alpha value is -3.10. The Morgan fingerprint density at radius 1 is 0.686 bits per heavy atom. The van der Waals surface area contributed by atoms with Gasteiger partial charge in [0.05, 0.1) is 18.8 Å². The van der Waals surface area contributed by atoms with Gasteiger partial charge < -0.3 is 34.2 Å². The second-order valence-corrected chi connectivity index (χ2v) is 8.67. The minimum absolute atomic E-state index is 0.207. The lowest BCUT2D eigenvalue weighted by Crippen LogP contribution is -2.39. The van der Waals surface area contributed by atoms with E-state index in [1.54, 1.807) is 0 Å². The number of benzene rings is 3. The van der Waals surface area contributed by atoms with Crippen LogP contribution in [0.1, 0.15) is 23.6 Å². The lowest BCUT2D eigenvalue weighted by Gasteiger charge is -2.32. The highest BCUT2D eigenvalue weighted by Crippen LogP contribution is 2.36. The monoisotopic (exact) mass is 477 g/mol. The van der Waals surface area contributed by atoms with E-state index in [1.165, 1.54) is 0 Å². The molecule has 2 aliphatic heterocycles. The fourth-order valence-corrected chi connectivity index (χ4v) is 3.84. The first-order valence-electron chi connectivity index (χ1n) is 11.9. The van der Waals surface area contributed by atoms with Gasteiger partial charge in [-0.05, 0) is 60.0 Å². The van der Waals surface area contributed by atoms with E-state index in [4.69, 9.17) is 34.2 Å². The van der Waals surface area contributed by atoms with Crippen LogP contribution in [0.2, 0.25) is 0 Å². The Morgan fingerprint density at radius 3 is 1.40 bits per heavy atom. The zero-order valence-electron chi connectivity index (χ0n) is 19.9. The van der Waals surface area contributed by atoms with Crippen molar-refractivity contribution in [1.29, 1.82) is 0 Å². The van der Waals surface area contributed by atoms with Crippen LogP contribution in [0.4, 0.5) is 0 Å². The van der Waals surface area contributed by atoms with Gasteiger partial charge in [-0.15, -0.1) is 0 Å². The van der Waals surface area contributed by atoms with Gasteiger partial charge in [0.1, 0.15) is 42.7 Å². The highest BCUT2D eigenvalue weighted by Gasteiger charge is 2.32. The van der Waals surface area contributed by atoms with Crippen molar-refractivity contribution in [3.8, 4) is 17.2 Å². The largest absolute Gasteiger partial charge is 0.491 e. The first-order chi connectivity index (χ1) is 17.1. The minimum Gasteiger partial charge on any atom is -0.491 e. The van der Waals surface area contributed by atoms with Gasteiger partial charge >= 0.3 is 0 Å². The molecule has 5 rings (SSSR count). The molecule has 0 aliphatic carbocycles. The second-order valence-electron chi connectivity index (χ2n) is 8.67. The molecule has 2 fully saturated rings. The van der Waals surface area contributed by atoms with Gasteiger partial charge in [0.25, 0.3) is 0 Å². The molecule has 35 heavy (non-hydrogen) atoms. The Balaban J connectivity index is 1.40. The molecular formula is C28H31NO6. The highest BCUT2D eigenvalue weighted by molar-refractivity contribution is 5.51. The van der Waals surface area contributed by atoms with Crippen LogP contribution in [0.25, 0.3) is 0 Å². The summed E-state index contributed by atoms with van der Waals surface area (Å²) in [4.78, 5) is 0. The molecule has 3 aromatic carbocycles. The van der Waals surface area contributed by atoms with E-state index in [0.29, 0.717) is 19.8 Å². The molecule has 0 bridgehead atoms. The summed E-state index contributed by atoms with van der Waals surface area (Å²) in [5, 5.41) is 0. The normalized spacial score (nSPS) is 20.1. The van der Waals surface area contributed by atoms with Gasteiger partial charge in [-0.3, -0.25) is 0 Å². The fraction of sp³-hybridized carbons (Fsp3) is 0.357. The van der Waals surface area contributed by atoms with Crippen LogP contribution in [-0.2, 0) is 19.7 Å². The summed E-state index contributed by atoms with van der Waals surface area (Å²) < 4.78 is 33.0. The smallest absolute Gasteiger partial charge is 0.189 e. The Bertz CT molecular complexity index is 1020. The van der Waals surface area contributed by atoms with Crippen molar-refractivity contribution in [2.75, 3.05) is 39.8 Å². The first kappa shape index (κ1) is 23.6. The molecule has 184 valence electrons. The van der Waals surface area contributed by atoms with Crippen LogP contribution < -0.4 is 19.9 Å². The van der Waals surface area contributed by atoms with Crippen LogP contribution in [0.15, 0.2) is 72.8 Å². The summed E-state index contributed by atoms with van der Waals surface area (Å²) in [6, 6.07) is 23.7. The maximum Gasteiger partial charge on any atom is 0.189 e. The second kappa shape index (κ2) is 10.7. The van der Waals surface area contributed by atoms with Gasteiger partial charge in [0, 0.05) is 6.61 Å². The molecule has 2 atom stereocenters. The molecule has 2 N–H and O–H groups in total. The SMILES string of the molecule is CCOCOc1ccc(C(N)(c2ccc(OCC3CO3)cc2)c2ccc(OCC3CO3)cc2)cc1. The zero-order chi connectivity index (χ0) is 24.1. The van der Waals surface area contributed by atoms with E-state index >= 15 is 0 Å². The number of rotatable bonds is 13. The number of nitrogens with two attached hydrogens (primary N) is 1. The van der Waals surface area contributed by atoms with Crippen molar-refractivity contribution in [2.45, 2.75) is 24.7 Å². The summed E-state index contributed by atoms with van der Waals surface area (Å²) in [7, 11) is 0. The molecule has 0 spiro atoms. The Morgan fingerprint density at radius 2 is 1.06 bits per heavy atom. The summed E-state index contributed by atoms with van der Waals surface area (Å²) in [5.74, 6) is 2.30. The van der Waals surface area contributed by atoms with E-state index in [-0.39, 0.29) is 19.0 Å². The maximum atomic E-state index is 7.21. The zero-order valence-corrected chi connectivity index (χ0v) is 19.9. The molecule has 2 heterocycles. The number of hydrogen-bond acceptors (Lipinski definition) is 7. The van der Waals surface area contributed by atoms with Crippen molar-refractivity contribution in [3.63, 3.8) is 0 Å². The molecular weight excluding hydrogens is 446 g/mol. The lowest BCUT2D eigenvalue weighted by molar-refractivity contribution is 0.0224. The van der Waals surface area contributed by atoms with E-state index in [0.717, 1.165) is 47.2 Å². The van der Waals surface area contributed by atoms with E-state index in [2.05, 4.69) is 0 Å². The molecule has 0 amide bonds. The molecule has 3 aromatic rings. The third-order valence-corrected chi connectivity index (χ3v) is 6.12. The van der Waals surface area contributed by atoms with Crippen molar-refractivity contribution in [3.05, 3.63) is 89.5 Å². The maximum absolute atomic E-state index is 7.21. The molecule has 7 heteroatoms. The van der Waals surface area contributed by atoms with Gasteiger partial charge in [0.15, 0.2) is 6.79 Å². The Labute approximate surface area is 205 Å². The van der Waals surface area contributed by atoms with Crippen molar-refractivity contribution in [1.82, 2.24) is 0 Å². The third-order valence-electron chi connectivity index (χ3n) is 6.12. The lowest BCUT2D eigenvalue weighted by atomic mass is 9.78. The predicted molar refractivity (Wildman–Crippen MR) is 131 cm³/mol. The molecule has 2 aliphatic rings. The van der Waals surface area contributed by atoms with Crippen molar-refractivity contribution in [2.24, 2.45) is 5.73 Å². The van der Waals surface area contributed by atoms with Gasteiger partial charge in [-0.25, -0.2) is 0 Å². The van der Waals surface area contributed by atoms with Crippen LogP contribution in [0, 0.1) is 0 Å². The summed E-state index contributed by atoms with van der Waals surface area (Å²) in [6.45, 7) is 5.40. The standard InChI is InChI=1S/C28H31NO6/c1-2-30-19-35-25-13-7-22(8-14-25)28(29,20-3-9-23(10-4-20)31-15-26-17-33-26)21-5-11-24(12-6-21)32-16-27-18-34-27/h3-14,26-27H,2,15-19,29H2,1H3. The molecule has 7 nitrogen and oxygen atoms in total. The fourth-order valence-electron chi connectivity index (χ4n) is 3.84. The average molecular weight is 478 g/mol. The summed E-state index contributed by atoms with van der Waals surface area (Å²) >= 11 is 0. The number of ether oxygens (including phenoxy) is 6. The number of epoxide rings is 2. The summed E-state index contributed by atoms with van der Waals surface area (Å²) in [6.07, 6.45) is 0.415. The highest BCUT2D eigenvalue weighted by atomic mass is 16.7. The molecule has 2 unspecified atom stereocenters. The van der Waals surface area contributed by atoms with Gasteiger partial charge in [0.2, 0.25) is 0 Å². The average Bonchev–Trinajstić information content (AvgIpc) is 3.83. The van der Waals surface area contributed by atoms with Crippen LogP contribution in [0.5, 0.6) is 17.2 Å². The van der Waals surface area contributed by atoms with Crippen LogP contribution >= 0.6 is 0 Å². The van der Waals surface area contributed by atoms with Crippen molar-refractivity contribution >= 4 is 0 Å². The predicted octanol–water partition coefficient (Wildman–Crippen LogP) is 3.87. The van der Waals surface area contributed by atoms with Crippen LogP contribution in [0.3, 0.4) is 0 Å². The minimum atomic E-state index is -0.894. The Kier molecular flexibility index (Phi) is 7.20. The van der Waals surface area contributed by atoms with E-state index in [9.17, 15) is 0 Å². The molecule has 0 saturated carbocycles. The third kappa shape index (κ3) is 5.94. The quantitative estimate of drug-likeness (QED) is 0.173. The van der Waals surface area contributed by atoms with E-state index in [1.807, 2.05) is 79.7 Å². The van der Waals surface area contributed by atoms with Crippen LogP contribution in [-0.4, -0.2) is 52.0 Å². The van der Waals surface area contributed by atoms with Crippen molar-refractivity contribution < 1.29 is 28.4 Å². The molecule has 0 aromatic heterocycles. The topological polar surface area (TPSA) is 88.0 Å².